The van der Waals surface area contributed by atoms with Crippen LogP contribution in [0.1, 0.15) is 41.5 Å². The zero-order chi connectivity index (χ0) is 56.1. The Bertz CT molecular complexity index is 2670. The molecule has 3 aliphatic rings. The number of ketones is 1. The molecular weight excluding hydrogens is 1070 g/mol. The number of Topliss-reactive ketones (excluding diaryl/α,β-unsaturated/α-hetero) is 1. The number of likely N-dealkylation sites (tertiary alicyclic amines) is 3. The maximum Gasteiger partial charge on any atom is 1.00 e. The molecule has 0 spiro atoms. The zero-order valence-corrected chi connectivity index (χ0v) is 46.3. The fourth-order valence-electron chi connectivity index (χ4n) is 7.73. The van der Waals surface area contributed by atoms with Gasteiger partial charge in [-0.1, -0.05) is 109 Å². The molecule has 0 aliphatic carbocycles. The second-order valence-electron chi connectivity index (χ2n) is 17.0. The maximum absolute atomic E-state index is 12.4. The van der Waals surface area contributed by atoms with E-state index in [1.807, 2.05) is 97.9 Å². The number of methoxy groups -OCH3 is 6. The van der Waals surface area contributed by atoms with Gasteiger partial charge in [-0.3, -0.25) is 24.0 Å². The number of benzene rings is 4. The third-order valence-electron chi connectivity index (χ3n) is 12.1. The van der Waals surface area contributed by atoms with Gasteiger partial charge in [-0.05, 0) is 35.7 Å². The molecule has 0 saturated carbocycles. The molecule has 3 saturated heterocycles. The topological polar surface area (TPSA) is 380 Å². The Balaban J connectivity index is 0.00000105. The Hall–Kier alpha value is -7.00. The van der Waals surface area contributed by atoms with E-state index in [1.165, 1.54) is 59.7 Å². The molecule has 0 radical (unpaired) electrons. The van der Waals surface area contributed by atoms with Crippen LogP contribution < -0.4 is 18.9 Å². The smallest absolute Gasteiger partial charge is 0.870 e. The van der Waals surface area contributed by atoms with E-state index in [4.69, 9.17) is 42.4 Å². The second kappa shape index (κ2) is 34.9. The molecule has 0 unspecified atom stereocenters. The quantitative estimate of drug-likeness (QED) is 0.0573. The molecule has 4 aromatic carbocycles. The van der Waals surface area contributed by atoms with Crippen LogP contribution in [-0.2, 0) is 91.7 Å². The number of carbonyl (C=O) groups is 7. The van der Waals surface area contributed by atoms with E-state index < -0.39 is 76.0 Å². The van der Waals surface area contributed by atoms with Crippen molar-refractivity contribution in [2.24, 2.45) is 0 Å². The van der Waals surface area contributed by atoms with E-state index in [-0.39, 0.29) is 105 Å². The average Bonchev–Trinajstić information content (AvgIpc) is 4.16. The minimum absolute atomic E-state index is 0. The van der Waals surface area contributed by atoms with Gasteiger partial charge in [0.2, 0.25) is 0 Å². The van der Waals surface area contributed by atoms with Crippen LogP contribution in [0.2, 0.25) is 0 Å². The van der Waals surface area contributed by atoms with Crippen LogP contribution in [0.25, 0.3) is 0 Å². The SMILES string of the molecule is COC(=O)[C@@H]1CC(=O)CN1C(=O)OCc1ccccc1.COC(=O)[C@@H]1CC(OC)(OC)CN1C(=O)OCc1ccccc1.COC1(OC)C[C@@H](C(=O)O)N(C(=O)OCc2ccccc2)C1.Cc1ccc(S(=O)(=O)O)cc1.O.O.[Li+].[OH-]. The minimum Gasteiger partial charge on any atom is -0.870 e. The molecule has 3 amide bonds. The average molecular weight is 1140 g/mol. The van der Waals surface area contributed by atoms with Gasteiger partial charge in [0.15, 0.2) is 17.4 Å². The van der Waals surface area contributed by atoms with E-state index in [0.717, 1.165) is 32.1 Å². The monoisotopic (exact) mass is 1140 g/mol. The van der Waals surface area contributed by atoms with Crippen molar-refractivity contribution in [1.29, 1.82) is 0 Å². The van der Waals surface area contributed by atoms with Crippen LogP contribution in [0.5, 0.6) is 0 Å². The van der Waals surface area contributed by atoms with Gasteiger partial charge in [0.25, 0.3) is 10.1 Å². The van der Waals surface area contributed by atoms with E-state index in [0.29, 0.717) is 0 Å². The van der Waals surface area contributed by atoms with Gasteiger partial charge in [0.1, 0.15) is 37.9 Å². The molecule has 7 rings (SSSR count). The Morgan fingerprint density at radius 3 is 1.23 bits per heavy atom. The van der Waals surface area contributed by atoms with E-state index >= 15 is 0 Å². The van der Waals surface area contributed by atoms with Gasteiger partial charge >= 0.3 is 55.0 Å². The normalized spacial score (nSPS) is 17.1. The number of rotatable bonds is 14. The molecule has 28 heteroatoms. The summed E-state index contributed by atoms with van der Waals surface area (Å²) >= 11 is 0. The first-order valence-corrected chi connectivity index (χ1v) is 24.7. The summed E-state index contributed by atoms with van der Waals surface area (Å²) in [6.45, 7) is 2.11. The van der Waals surface area contributed by atoms with Crippen molar-refractivity contribution in [2.75, 3.05) is 62.3 Å². The Kier molecular flexibility index (Phi) is 31.8. The summed E-state index contributed by atoms with van der Waals surface area (Å²) in [7, 11) is 4.25. The molecule has 436 valence electrons. The van der Waals surface area contributed by atoms with Crippen LogP contribution in [0.3, 0.4) is 0 Å². The summed E-state index contributed by atoms with van der Waals surface area (Å²) in [5.41, 5.74) is 3.48. The first-order chi connectivity index (χ1) is 36.2. The number of nitrogens with zero attached hydrogens (tertiary/aromatic N) is 3. The molecule has 3 atom stereocenters. The fraction of sp³-hybridized carbons (Fsp3) is 0.404. The minimum atomic E-state index is -4.02. The van der Waals surface area contributed by atoms with Crippen molar-refractivity contribution in [1.82, 2.24) is 14.7 Å². The van der Waals surface area contributed by atoms with Crippen molar-refractivity contribution < 1.29 is 130 Å². The summed E-state index contributed by atoms with van der Waals surface area (Å²) in [5, 5.41) is 9.28. The molecule has 3 fully saturated rings. The number of ether oxygens (including phenoxy) is 9. The standard InChI is InChI=1S/C16H21NO6.C15H19NO6.C14H15NO5.C7H8O3S.Li.3H2O/c1-20-14(18)13-9-16(21-2,22-3)11-17(13)15(19)23-10-12-7-5-4-6-8-12;1-20-15(21-2)8-12(13(17)18)16(10-15)14(19)22-9-11-6-4-3-5-7-11;1-19-13(17)12-7-11(16)8-15(12)14(18)20-9-10-5-3-2-4-6-10;1-6-2-4-7(5-3-6)11(8,9)10;;;;/h4-8,13H,9-11H2,1-3H3;3-7,12H,8-10H2,1-2H3,(H,17,18);2-6,12H,7-9H2,1H3;2-5H,1H3,(H,8,9,10);;3*1H2/q;;;;+1;;;/p-1/t13-;2*12-;;;;;/m000...../s1. The van der Waals surface area contributed by atoms with Crippen LogP contribution in [0, 0.1) is 6.92 Å². The predicted octanol–water partition coefficient (Wildman–Crippen LogP) is 0.590. The van der Waals surface area contributed by atoms with Gasteiger partial charge in [-0.2, -0.15) is 8.42 Å². The molecule has 0 bridgehead atoms. The number of hydrogen-bond donors (Lipinski definition) is 2. The molecular formula is C52H68LiN3O23S. The van der Waals surface area contributed by atoms with Crippen LogP contribution in [-0.4, -0.2) is 183 Å². The number of carboxylic acid groups (broad SMARTS) is 1. The molecule has 26 nitrogen and oxygen atoms in total. The second-order valence-corrected chi connectivity index (χ2v) is 18.4. The number of aliphatic carboxylic acids is 1. The van der Waals surface area contributed by atoms with E-state index in [9.17, 15) is 47.1 Å². The van der Waals surface area contributed by atoms with Gasteiger partial charge in [0, 0.05) is 47.7 Å². The van der Waals surface area contributed by atoms with Gasteiger partial charge < -0.3 is 64.2 Å². The summed E-state index contributed by atoms with van der Waals surface area (Å²) in [6.07, 6.45) is -1.78. The summed E-state index contributed by atoms with van der Waals surface area (Å²) in [5.74, 6) is -4.59. The van der Waals surface area contributed by atoms with Crippen LogP contribution in [0.4, 0.5) is 14.4 Å². The fourth-order valence-corrected chi connectivity index (χ4v) is 8.21. The number of aryl methyl sites for hydroxylation is 1. The van der Waals surface area contributed by atoms with Gasteiger partial charge in [0.05, 0.1) is 38.7 Å². The van der Waals surface area contributed by atoms with Crippen molar-refractivity contribution in [2.45, 2.75) is 80.6 Å². The third kappa shape index (κ3) is 21.2. The number of amides is 3. The van der Waals surface area contributed by atoms with Crippen molar-refractivity contribution >= 4 is 52.1 Å². The van der Waals surface area contributed by atoms with E-state index in [2.05, 4.69) is 4.74 Å². The van der Waals surface area contributed by atoms with Crippen LogP contribution in [0.15, 0.2) is 120 Å². The number of carbonyl (C=O) groups excluding carboxylic acids is 6. The number of hydrogen-bond acceptors (Lipinski definition) is 19. The van der Waals surface area contributed by atoms with E-state index in [1.54, 1.807) is 12.1 Å². The third-order valence-corrected chi connectivity index (χ3v) is 13.0. The number of esters is 2. The van der Waals surface area contributed by atoms with Crippen molar-refractivity contribution in [3.63, 3.8) is 0 Å². The molecule has 3 heterocycles. The Labute approximate surface area is 474 Å². The van der Waals surface area contributed by atoms with Crippen molar-refractivity contribution in [3.05, 3.63) is 138 Å². The zero-order valence-electron chi connectivity index (χ0n) is 45.5. The summed E-state index contributed by atoms with van der Waals surface area (Å²) in [6, 6.07) is 30.9. The van der Waals surface area contributed by atoms with Crippen LogP contribution >= 0.6 is 0 Å². The van der Waals surface area contributed by atoms with Gasteiger partial charge in [-0.25, -0.2) is 28.8 Å². The first kappa shape index (κ1) is 73.0. The Morgan fingerprint density at radius 2 is 0.887 bits per heavy atom. The molecule has 4 aromatic rings. The molecule has 0 aromatic heterocycles. The summed E-state index contributed by atoms with van der Waals surface area (Å²) < 4.78 is 75.6. The molecule has 80 heavy (non-hydrogen) atoms. The molecule has 7 N–H and O–H groups in total. The Morgan fingerprint density at radius 1 is 0.550 bits per heavy atom. The molecule has 3 aliphatic heterocycles. The largest absolute Gasteiger partial charge is 1.00 e. The van der Waals surface area contributed by atoms with Crippen molar-refractivity contribution in [3.8, 4) is 0 Å². The number of carboxylic acids is 1. The maximum atomic E-state index is 12.4. The summed E-state index contributed by atoms with van der Waals surface area (Å²) in [4.78, 5) is 86.1. The predicted molar refractivity (Wildman–Crippen MR) is 276 cm³/mol. The first-order valence-electron chi connectivity index (χ1n) is 23.2. The van der Waals surface area contributed by atoms with Gasteiger partial charge in [-0.15, -0.1) is 0 Å².